The van der Waals surface area contributed by atoms with Gasteiger partial charge in [0, 0.05) is 45.7 Å². The summed E-state index contributed by atoms with van der Waals surface area (Å²) in [6.07, 6.45) is 1.57. The minimum absolute atomic E-state index is 0.00885. The van der Waals surface area contributed by atoms with Gasteiger partial charge in [-0.15, -0.1) is 0 Å². The maximum Gasteiger partial charge on any atom is 0.339 e. The molecule has 0 fully saturated rings. The molecular weight excluding hydrogens is 388 g/mol. The molecule has 0 unspecified atom stereocenters. The van der Waals surface area contributed by atoms with E-state index in [0.29, 0.717) is 11.1 Å². The Hall–Kier alpha value is -3.73. The third-order valence-corrected chi connectivity index (χ3v) is 5.51. The van der Waals surface area contributed by atoms with Crippen molar-refractivity contribution >= 4 is 39.8 Å². The summed E-state index contributed by atoms with van der Waals surface area (Å²) >= 11 is 0. The van der Waals surface area contributed by atoms with E-state index in [1.807, 2.05) is 67.6 Å². The predicted octanol–water partition coefficient (Wildman–Crippen LogP) is 5.45. The van der Waals surface area contributed by atoms with Crippen LogP contribution < -0.4 is 0 Å². The molecule has 0 radical (unpaired) electrons. The van der Waals surface area contributed by atoms with Crippen molar-refractivity contribution in [3.63, 3.8) is 0 Å². The second-order valence-corrected chi connectivity index (χ2v) is 7.48. The van der Waals surface area contributed by atoms with Crippen LogP contribution in [-0.4, -0.2) is 22.5 Å². The molecule has 0 saturated heterocycles. The molecule has 0 aliphatic heterocycles. The molecule has 31 heavy (non-hydrogen) atoms. The van der Waals surface area contributed by atoms with Crippen LogP contribution >= 0.6 is 0 Å². The Kier molecular flexibility index (Phi) is 5.67. The zero-order valence-electron chi connectivity index (χ0n) is 17.9. The maximum atomic E-state index is 13.2. The molecule has 1 aromatic heterocycles. The second kappa shape index (κ2) is 8.56. The van der Waals surface area contributed by atoms with Crippen molar-refractivity contribution in [3.05, 3.63) is 82.9 Å². The number of carbonyl (C=O) groups is 2. The maximum absolute atomic E-state index is 13.2. The van der Waals surface area contributed by atoms with Gasteiger partial charge in [0.1, 0.15) is 0 Å². The van der Waals surface area contributed by atoms with Crippen LogP contribution in [-0.2, 0) is 22.6 Å². The lowest BCUT2D eigenvalue weighted by atomic mass is 9.97. The molecule has 0 aliphatic carbocycles. The topological polar surface area (TPSA) is 60.7 Å². The summed E-state index contributed by atoms with van der Waals surface area (Å²) in [6.45, 7) is 6.54. The number of carbonyl (C=O) groups excluding carboxylic acids is 2. The quantitative estimate of drug-likeness (QED) is 0.183. The lowest BCUT2D eigenvalue weighted by Crippen LogP contribution is -2.04. The van der Waals surface area contributed by atoms with Crippen LogP contribution in [0.4, 0.5) is 0 Å². The van der Waals surface area contributed by atoms with E-state index in [1.54, 1.807) is 6.92 Å². The Labute approximate surface area is 180 Å². The highest BCUT2D eigenvalue weighted by Gasteiger charge is 2.16. The summed E-state index contributed by atoms with van der Waals surface area (Å²) in [4.78, 5) is 29.9. The lowest BCUT2D eigenvalue weighted by Gasteiger charge is -2.06. The Bertz CT molecular complexity index is 1330. The number of nitrogens with zero attached hydrogens (tertiary/aromatic N) is 2. The van der Waals surface area contributed by atoms with Gasteiger partial charge in [-0.05, 0) is 62.2 Å². The SMILES string of the molecule is CC=NOC(=O)Cc1ccc2c(c1)c1cc(C(=O)c3ccccc3C)ccc1n2CC. The first-order chi connectivity index (χ1) is 15.0. The number of hydrogen-bond donors (Lipinski definition) is 0. The standard InChI is InChI=1S/C26H24N2O3/c1-4-27-31-25(29)15-18-10-12-23-21(14-18)22-16-19(11-13-24(22)28(23)5-2)26(30)20-9-7-6-8-17(20)3/h4,6-14,16H,5,15H2,1-3H3. The van der Waals surface area contributed by atoms with Gasteiger partial charge in [-0.25, -0.2) is 4.79 Å². The van der Waals surface area contributed by atoms with Gasteiger partial charge in [-0.3, -0.25) is 4.79 Å². The van der Waals surface area contributed by atoms with E-state index in [1.165, 1.54) is 6.21 Å². The summed E-state index contributed by atoms with van der Waals surface area (Å²) < 4.78 is 2.22. The van der Waals surface area contributed by atoms with E-state index in [-0.39, 0.29) is 12.2 Å². The molecule has 0 saturated carbocycles. The second-order valence-electron chi connectivity index (χ2n) is 7.48. The highest BCUT2D eigenvalue weighted by molar-refractivity contribution is 6.15. The fraction of sp³-hybridized carbons (Fsp3) is 0.192. The smallest absolute Gasteiger partial charge is 0.339 e. The first kappa shape index (κ1) is 20.5. The van der Waals surface area contributed by atoms with E-state index in [9.17, 15) is 9.59 Å². The molecule has 0 bridgehead atoms. The monoisotopic (exact) mass is 412 g/mol. The van der Waals surface area contributed by atoms with E-state index in [4.69, 9.17) is 4.84 Å². The number of benzene rings is 3. The molecule has 156 valence electrons. The molecule has 4 rings (SSSR count). The number of ketones is 1. The van der Waals surface area contributed by atoms with Crippen LogP contribution in [0.25, 0.3) is 21.8 Å². The number of rotatable bonds is 6. The fourth-order valence-corrected chi connectivity index (χ4v) is 4.04. The van der Waals surface area contributed by atoms with Crippen LogP contribution in [0, 0.1) is 6.92 Å². The van der Waals surface area contributed by atoms with E-state index in [2.05, 4.69) is 16.6 Å². The molecule has 5 nitrogen and oxygen atoms in total. The van der Waals surface area contributed by atoms with Crippen LogP contribution in [0.15, 0.2) is 65.8 Å². The van der Waals surface area contributed by atoms with Crippen molar-refractivity contribution in [2.75, 3.05) is 0 Å². The van der Waals surface area contributed by atoms with Crippen molar-refractivity contribution in [1.82, 2.24) is 4.57 Å². The van der Waals surface area contributed by atoms with Crippen molar-refractivity contribution < 1.29 is 14.4 Å². The third-order valence-electron chi connectivity index (χ3n) is 5.51. The Balaban J connectivity index is 1.82. The Morgan fingerprint density at radius 1 is 1.00 bits per heavy atom. The molecule has 0 amide bonds. The molecule has 0 spiro atoms. The minimum atomic E-state index is -0.410. The van der Waals surface area contributed by atoms with Crippen LogP contribution in [0.3, 0.4) is 0 Å². The van der Waals surface area contributed by atoms with E-state index in [0.717, 1.165) is 39.5 Å². The van der Waals surface area contributed by atoms with Gasteiger partial charge in [0.2, 0.25) is 0 Å². The molecule has 0 atom stereocenters. The number of fused-ring (bicyclic) bond motifs is 3. The minimum Gasteiger partial charge on any atom is -0.341 e. The largest absolute Gasteiger partial charge is 0.341 e. The van der Waals surface area contributed by atoms with Crippen molar-refractivity contribution in [1.29, 1.82) is 0 Å². The number of oxime groups is 1. The first-order valence-corrected chi connectivity index (χ1v) is 10.4. The average molecular weight is 412 g/mol. The van der Waals surface area contributed by atoms with Crippen molar-refractivity contribution in [3.8, 4) is 0 Å². The predicted molar refractivity (Wildman–Crippen MR) is 124 cm³/mol. The molecular formula is C26H24N2O3. The molecule has 0 N–H and O–H groups in total. The normalized spacial score (nSPS) is 11.5. The molecule has 1 heterocycles. The molecule has 5 heteroatoms. The third kappa shape index (κ3) is 3.87. The fourth-order valence-electron chi connectivity index (χ4n) is 4.04. The van der Waals surface area contributed by atoms with Crippen LogP contribution in [0.5, 0.6) is 0 Å². The average Bonchev–Trinajstić information content (AvgIpc) is 3.09. The molecule has 4 aromatic rings. The van der Waals surface area contributed by atoms with E-state index < -0.39 is 5.97 Å². The summed E-state index contributed by atoms with van der Waals surface area (Å²) in [5.41, 5.74) is 5.30. The molecule has 3 aromatic carbocycles. The van der Waals surface area contributed by atoms with Crippen LogP contribution in [0.1, 0.15) is 40.9 Å². The summed E-state index contributed by atoms with van der Waals surface area (Å²) in [7, 11) is 0. The summed E-state index contributed by atoms with van der Waals surface area (Å²) in [6, 6.07) is 19.4. The zero-order valence-corrected chi connectivity index (χ0v) is 17.9. The Morgan fingerprint density at radius 2 is 1.71 bits per heavy atom. The van der Waals surface area contributed by atoms with Gasteiger partial charge in [-0.2, -0.15) is 0 Å². The number of hydrogen-bond acceptors (Lipinski definition) is 4. The van der Waals surface area contributed by atoms with Crippen molar-refractivity contribution in [2.24, 2.45) is 5.16 Å². The van der Waals surface area contributed by atoms with Gasteiger partial charge in [0.15, 0.2) is 5.78 Å². The number of aromatic nitrogens is 1. The van der Waals surface area contributed by atoms with Crippen LogP contribution in [0.2, 0.25) is 0 Å². The van der Waals surface area contributed by atoms with E-state index >= 15 is 0 Å². The Morgan fingerprint density at radius 3 is 2.42 bits per heavy atom. The van der Waals surface area contributed by atoms with Gasteiger partial charge < -0.3 is 9.40 Å². The number of aryl methyl sites for hydroxylation is 2. The summed E-state index contributed by atoms with van der Waals surface area (Å²) in [5.74, 6) is -0.401. The molecule has 0 aliphatic rings. The van der Waals surface area contributed by atoms with Gasteiger partial charge in [0.25, 0.3) is 0 Å². The van der Waals surface area contributed by atoms with Gasteiger partial charge in [-0.1, -0.05) is 35.5 Å². The lowest BCUT2D eigenvalue weighted by molar-refractivity contribution is -0.142. The highest BCUT2D eigenvalue weighted by atomic mass is 16.7. The van der Waals surface area contributed by atoms with Gasteiger partial charge >= 0.3 is 5.97 Å². The summed E-state index contributed by atoms with van der Waals surface area (Å²) in [5, 5.41) is 5.56. The highest BCUT2D eigenvalue weighted by Crippen LogP contribution is 2.31. The first-order valence-electron chi connectivity index (χ1n) is 10.4. The van der Waals surface area contributed by atoms with Crippen molar-refractivity contribution in [2.45, 2.75) is 33.7 Å². The van der Waals surface area contributed by atoms with Gasteiger partial charge in [0.05, 0.1) is 6.42 Å². The zero-order chi connectivity index (χ0) is 22.0.